The molecule has 3 rings (SSSR count). The Morgan fingerprint density at radius 2 is 2.30 bits per heavy atom. The third-order valence-corrected chi connectivity index (χ3v) is 4.15. The molecule has 0 unspecified atom stereocenters. The number of benzene rings is 1. The molecule has 1 amide bonds. The van der Waals surface area contributed by atoms with Gasteiger partial charge in [0.25, 0.3) is 5.91 Å². The lowest BCUT2D eigenvalue weighted by Gasteiger charge is -2.14. The number of carbonyl (C=O) groups excluding carboxylic acids is 1. The van der Waals surface area contributed by atoms with Crippen molar-refractivity contribution in [1.82, 2.24) is 10.2 Å². The van der Waals surface area contributed by atoms with Crippen LogP contribution >= 0.6 is 0 Å². The van der Waals surface area contributed by atoms with Crippen LogP contribution in [0.3, 0.4) is 0 Å². The average molecular weight is 316 g/mol. The molecule has 6 nitrogen and oxygen atoms in total. The van der Waals surface area contributed by atoms with Gasteiger partial charge in [-0.3, -0.25) is 14.5 Å². The molecular weight excluding hydrogens is 296 g/mol. The Hall–Kier alpha value is -2.18. The Morgan fingerprint density at radius 3 is 3.04 bits per heavy atom. The summed E-state index contributed by atoms with van der Waals surface area (Å²) in [5.41, 5.74) is 1.04. The fraction of sp³-hybridized carbons (Fsp3) is 0.412. The number of aliphatic hydroxyl groups is 1. The van der Waals surface area contributed by atoms with Gasteiger partial charge in [0.05, 0.1) is 11.5 Å². The summed E-state index contributed by atoms with van der Waals surface area (Å²) in [6.45, 7) is 4.42. The third-order valence-electron chi connectivity index (χ3n) is 4.15. The highest BCUT2D eigenvalue weighted by molar-refractivity contribution is 5.93. The highest BCUT2D eigenvalue weighted by Gasteiger charge is 2.20. The van der Waals surface area contributed by atoms with Crippen LogP contribution in [0.5, 0.6) is 0 Å². The van der Waals surface area contributed by atoms with Gasteiger partial charge in [-0.2, -0.15) is 0 Å². The summed E-state index contributed by atoms with van der Waals surface area (Å²) in [6, 6.07) is 6.56. The van der Waals surface area contributed by atoms with E-state index in [0.717, 1.165) is 18.5 Å². The molecule has 2 aromatic rings. The molecule has 0 radical (unpaired) electrons. The normalized spacial score (nSPS) is 18.4. The van der Waals surface area contributed by atoms with Crippen molar-refractivity contribution >= 4 is 16.9 Å². The average Bonchev–Trinajstić information content (AvgIpc) is 2.92. The van der Waals surface area contributed by atoms with Gasteiger partial charge in [0, 0.05) is 32.2 Å². The zero-order valence-electron chi connectivity index (χ0n) is 13.0. The van der Waals surface area contributed by atoms with Gasteiger partial charge in [0.2, 0.25) is 0 Å². The van der Waals surface area contributed by atoms with E-state index in [1.807, 2.05) is 13.0 Å². The molecule has 0 bridgehead atoms. The second-order valence-corrected chi connectivity index (χ2v) is 5.92. The third kappa shape index (κ3) is 3.43. The summed E-state index contributed by atoms with van der Waals surface area (Å²) in [5, 5.41) is 12.7. The number of rotatable bonds is 4. The van der Waals surface area contributed by atoms with Crippen molar-refractivity contribution in [2.24, 2.45) is 0 Å². The number of nitrogens with one attached hydrogen (secondary N) is 1. The number of β-amino-alcohol motifs (C(OH)–C–C–N with tert-alkyl or cyclic N) is 1. The first-order chi connectivity index (χ1) is 11.0. The number of aryl methyl sites for hydroxylation is 1. The predicted molar refractivity (Wildman–Crippen MR) is 86.6 cm³/mol. The number of fused-ring (bicyclic) bond motifs is 1. The molecule has 1 aliphatic rings. The van der Waals surface area contributed by atoms with E-state index in [0.29, 0.717) is 30.6 Å². The number of carbonyl (C=O) groups is 1. The summed E-state index contributed by atoms with van der Waals surface area (Å²) in [5.74, 6) is -0.375. The molecule has 0 saturated carbocycles. The second kappa shape index (κ2) is 6.52. The fourth-order valence-corrected chi connectivity index (χ4v) is 2.92. The second-order valence-electron chi connectivity index (χ2n) is 5.92. The molecule has 6 heteroatoms. The van der Waals surface area contributed by atoms with Crippen molar-refractivity contribution in [1.29, 1.82) is 0 Å². The Bertz CT molecular complexity index is 784. The molecule has 122 valence electrons. The van der Waals surface area contributed by atoms with Crippen LogP contribution < -0.4 is 10.7 Å². The van der Waals surface area contributed by atoms with E-state index in [9.17, 15) is 14.7 Å². The largest absolute Gasteiger partial charge is 0.451 e. The van der Waals surface area contributed by atoms with Gasteiger partial charge in [-0.25, -0.2) is 0 Å². The van der Waals surface area contributed by atoms with Crippen LogP contribution in [-0.4, -0.2) is 48.2 Å². The van der Waals surface area contributed by atoms with E-state index in [-0.39, 0.29) is 17.3 Å². The van der Waals surface area contributed by atoms with E-state index in [1.54, 1.807) is 12.1 Å². The Morgan fingerprint density at radius 1 is 1.48 bits per heavy atom. The van der Waals surface area contributed by atoms with Crippen molar-refractivity contribution in [3.05, 3.63) is 45.8 Å². The van der Waals surface area contributed by atoms with E-state index in [4.69, 9.17) is 4.42 Å². The number of likely N-dealkylation sites (tertiary alicyclic amines) is 1. The highest BCUT2D eigenvalue weighted by Crippen LogP contribution is 2.15. The maximum absolute atomic E-state index is 12.2. The lowest BCUT2D eigenvalue weighted by molar-refractivity contribution is 0.0922. The summed E-state index contributed by atoms with van der Waals surface area (Å²) in [4.78, 5) is 26.4. The lowest BCUT2D eigenvalue weighted by atomic mass is 10.1. The molecule has 1 saturated heterocycles. The molecule has 23 heavy (non-hydrogen) atoms. The molecule has 1 aliphatic heterocycles. The molecule has 1 atom stereocenters. The quantitative estimate of drug-likeness (QED) is 0.875. The minimum absolute atomic E-state index is 0.0227. The van der Waals surface area contributed by atoms with Gasteiger partial charge >= 0.3 is 0 Å². The lowest BCUT2D eigenvalue weighted by Crippen LogP contribution is -2.34. The van der Waals surface area contributed by atoms with Crippen molar-refractivity contribution < 1.29 is 14.3 Å². The maximum Gasteiger partial charge on any atom is 0.287 e. The number of nitrogens with zero attached hydrogens (tertiary/aromatic N) is 1. The van der Waals surface area contributed by atoms with E-state index < -0.39 is 5.91 Å². The molecule has 1 fully saturated rings. The zero-order chi connectivity index (χ0) is 16.4. The van der Waals surface area contributed by atoms with Gasteiger partial charge in [-0.15, -0.1) is 0 Å². The SMILES string of the molecule is Cc1cccc2oc(C(=O)NCCN3CC[C@@H](O)C3)cc(=O)c12. The van der Waals surface area contributed by atoms with Crippen LogP contribution in [0.2, 0.25) is 0 Å². The van der Waals surface area contributed by atoms with Crippen LogP contribution in [0.1, 0.15) is 22.5 Å². The summed E-state index contributed by atoms with van der Waals surface area (Å²) >= 11 is 0. The molecule has 0 aliphatic carbocycles. The monoisotopic (exact) mass is 316 g/mol. The maximum atomic E-state index is 12.2. The van der Waals surface area contributed by atoms with Gasteiger partial charge in [-0.1, -0.05) is 12.1 Å². The molecule has 2 N–H and O–H groups in total. The van der Waals surface area contributed by atoms with Gasteiger partial charge in [0.1, 0.15) is 5.58 Å². The number of hydrogen-bond acceptors (Lipinski definition) is 5. The van der Waals surface area contributed by atoms with Crippen LogP contribution in [0.15, 0.2) is 33.5 Å². The van der Waals surface area contributed by atoms with E-state index in [2.05, 4.69) is 10.2 Å². The van der Waals surface area contributed by atoms with Gasteiger partial charge < -0.3 is 14.8 Å². The van der Waals surface area contributed by atoms with Crippen molar-refractivity contribution in [2.75, 3.05) is 26.2 Å². The van der Waals surface area contributed by atoms with Crippen LogP contribution in [0.4, 0.5) is 0 Å². The summed E-state index contributed by atoms with van der Waals surface area (Å²) < 4.78 is 5.56. The van der Waals surface area contributed by atoms with Crippen molar-refractivity contribution in [2.45, 2.75) is 19.4 Å². The first-order valence-electron chi connectivity index (χ1n) is 7.76. The minimum atomic E-state index is -0.398. The first-order valence-corrected chi connectivity index (χ1v) is 7.76. The Kier molecular flexibility index (Phi) is 4.45. The number of hydrogen-bond donors (Lipinski definition) is 2. The van der Waals surface area contributed by atoms with Crippen LogP contribution in [-0.2, 0) is 0 Å². The van der Waals surface area contributed by atoms with E-state index >= 15 is 0 Å². The molecule has 2 heterocycles. The highest BCUT2D eigenvalue weighted by atomic mass is 16.3. The Balaban J connectivity index is 1.68. The zero-order valence-corrected chi connectivity index (χ0v) is 13.0. The molecular formula is C17H20N2O4. The number of amides is 1. The first kappa shape index (κ1) is 15.7. The topological polar surface area (TPSA) is 82.8 Å². The van der Waals surface area contributed by atoms with Crippen molar-refractivity contribution in [3.63, 3.8) is 0 Å². The molecule has 1 aromatic carbocycles. The minimum Gasteiger partial charge on any atom is -0.451 e. The predicted octanol–water partition coefficient (Wildman–Crippen LogP) is 0.898. The van der Waals surface area contributed by atoms with E-state index in [1.165, 1.54) is 6.07 Å². The van der Waals surface area contributed by atoms with Crippen molar-refractivity contribution in [3.8, 4) is 0 Å². The summed E-state index contributed by atoms with van der Waals surface area (Å²) in [6.07, 6.45) is 0.500. The summed E-state index contributed by atoms with van der Waals surface area (Å²) in [7, 11) is 0. The standard InChI is InChI=1S/C17H20N2O4/c1-11-3-2-4-14-16(11)13(21)9-15(23-14)17(22)18-6-8-19-7-5-12(20)10-19/h2-4,9,12,20H,5-8,10H2,1H3,(H,18,22)/t12-/m1/s1. The fourth-order valence-electron chi connectivity index (χ4n) is 2.92. The van der Waals surface area contributed by atoms with Crippen LogP contribution in [0.25, 0.3) is 11.0 Å². The number of aliphatic hydroxyl groups excluding tert-OH is 1. The molecule has 1 aromatic heterocycles. The van der Waals surface area contributed by atoms with Crippen LogP contribution in [0, 0.1) is 6.92 Å². The van der Waals surface area contributed by atoms with Gasteiger partial charge in [0.15, 0.2) is 11.2 Å². The Labute approximate surface area is 133 Å². The molecule has 0 spiro atoms. The van der Waals surface area contributed by atoms with Gasteiger partial charge in [-0.05, 0) is 25.0 Å². The smallest absolute Gasteiger partial charge is 0.287 e.